The number of carbonyl (C=O) groups is 10. The molecule has 0 aromatic heterocycles. The molecule has 0 spiro atoms. The number of methoxy groups -OCH3 is 2. The number of fused-ring (bicyclic) bond motifs is 2. The Balaban J connectivity index is 1.27. The molecule has 2 aliphatic heterocycles. The Morgan fingerprint density at radius 3 is 2.09 bits per heavy atom. The summed E-state index contributed by atoms with van der Waals surface area (Å²) in [5.74, 6) is -2.77. The minimum atomic E-state index is -2.19. The molecular weight excluding hydrogens is 1400 g/mol. The first kappa shape index (κ1) is 88.2. The van der Waals surface area contributed by atoms with E-state index in [9.17, 15) is 62.9 Å². The van der Waals surface area contributed by atoms with Gasteiger partial charge in [0.05, 0.1) is 57.4 Å². The van der Waals surface area contributed by atoms with E-state index in [1.54, 1.807) is 61.7 Å². The van der Waals surface area contributed by atoms with Gasteiger partial charge >= 0.3 is 12.0 Å². The van der Waals surface area contributed by atoms with E-state index in [1.807, 2.05) is 24.9 Å². The van der Waals surface area contributed by atoms with Gasteiger partial charge < -0.3 is 64.8 Å². The maximum absolute atomic E-state index is 14.5. The number of esters is 1. The van der Waals surface area contributed by atoms with Gasteiger partial charge in [-0.05, 0) is 89.2 Å². The SMILES string of the molecule is COc1cc2cc(c1Cl)N(C)C(=O)C[C@H](OC(=O)[C@H](C)N(C)C(=O)CC(C)(C)SC1CC(=O)N(CCOCCOCCNC(=O)CCC(=O)N(CCNC(=O)CCSC)CCNC(=O)CCSC3CCCCCCC3)C1=O)[C@](C)(N=O)C[C@H](C)CC[C@@](O)(NC(=O)N=O)[C@H](OC)/C=C/C=C(\C)C2. The van der Waals surface area contributed by atoms with Crippen molar-refractivity contribution < 1.29 is 76.7 Å². The highest BCUT2D eigenvalue weighted by molar-refractivity contribution is 8.02. The van der Waals surface area contributed by atoms with Crippen LogP contribution in [0.4, 0.5) is 10.5 Å². The molecule has 2 bridgehead atoms. The van der Waals surface area contributed by atoms with E-state index in [4.69, 9.17) is 35.3 Å². The van der Waals surface area contributed by atoms with Crippen molar-refractivity contribution in [3.8, 4) is 5.75 Å². The van der Waals surface area contributed by atoms with E-state index < -0.39 is 87.5 Å². The molecule has 5 N–H and O–H groups in total. The second kappa shape index (κ2) is 45.2. The molecule has 102 heavy (non-hydrogen) atoms. The molecule has 0 radical (unpaired) electrons. The fourth-order valence-electron chi connectivity index (χ4n) is 12.1. The minimum Gasteiger partial charge on any atom is -0.495 e. The predicted octanol–water partition coefficient (Wildman–Crippen LogP) is 8.04. The Bertz CT molecular complexity index is 3050. The van der Waals surface area contributed by atoms with Crippen LogP contribution in [0, 0.1) is 15.7 Å². The normalized spacial score (nSPS) is 22.4. The number of aliphatic hydroxyl groups is 1. The maximum Gasteiger partial charge on any atom is 0.381 e. The molecule has 3 aliphatic rings. The van der Waals surface area contributed by atoms with Crippen LogP contribution in [-0.2, 0) is 68.5 Å². The molecule has 28 nitrogen and oxygen atoms in total. The van der Waals surface area contributed by atoms with Crippen LogP contribution in [0.25, 0.3) is 0 Å². The highest BCUT2D eigenvalue weighted by atomic mass is 35.5. The van der Waals surface area contributed by atoms with Crippen molar-refractivity contribution in [2.24, 2.45) is 16.3 Å². The Hall–Kier alpha value is -6.22. The average molecular weight is 1510 g/mol. The number of rotatable bonds is 36. The first-order chi connectivity index (χ1) is 48.4. The first-order valence-corrected chi connectivity index (χ1v) is 38.7. The molecule has 32 heteroatoms. The summed E-state index contributed by atoms with van der Waals surface area (Å²) in [5.41, 5.74) is -2.33. The summed E-state index contributed by atoms with van der Waals surface area (Å²) in [6.45, 7) is 11.3. The summed E-state index contributed by atoms with van der Waals surface area (Å²) in [6.07, 6.45) is 12.3. The lowest BCUT2D eigenvalue weighted by molar-refractivity contribution is -0.162. The monoisotopic (exact) mass is 1510 g/mol. The zero-order chi connectivity index (χ0) is 75.6. The number of anilines is 1. The van der Waals surface area contributed by atoms with Gasteiger partial charge in [-0.1, -0.05) is 93.5 Å². The Labute approximate surface area is 618 Å². The molecule has 7 atom stereocenters. The van der Waals surface area contributed by atoms with Gasteiger partial charge in [-0.15, -0.1) is 16.7 Å². The number of likely N-dealkylation sites (tertiary alicyclic amines) is 1. The van der Waals surface area contributed by atoms with E-state index >= 15 is 0 Å². The van der Waals surface area contributed by atoms with Gasteiger partial charge in [0, 0.05) is 119 Å². The maximum atomic E-state index is 14.5. The number of nitrogens with one attached hydrogen (secondary N) is 4. The Morgan fingerprint density at radius 2 is 1.46 bits per heavy atom. The molecule has 4 rings (SSSR count). The minimum absolute atomic E-state index is 0.0129. The standard InChI is InChI=1S/C70H109ClN10O18S3/c1-47-18-17-21-55(96-10)70(92,75-67(91)76-93)27-24-48(2)45-69(6,77-94)56(44-61(86)79(8)52-41-50(40-47)42-53(95-9)64(52)71)99-66(90)49(3)78(7)63(88)46-68(4,5)102-54-43-62(87)81(65(54)89)33-35-98-37-36-97-34-30-74-57(82)22-23-60(85)80(31-28-72-58(83)25-38-100-11)32-29-73-59(84)26-39-101-51-19-15-13-12-14-16-20-51/h17-18,21,41-42,48-49,51,54-56,92H,12-16,19-20,22-40,43-46H2,1-11H3,(H,72,83)(H,73,84)(H,74,82)(H,75,91)/b21-17+,47-18+/t48-,49+,54?,55-,56+,69-,70+/m1/s1. The third kappa shape index (κ3) is 30.1. The van der Waals surface area contributed by atoms with Crippen molar-refractivity contribution in [3.05, 3.63) is 56.3 Å². The Kier molecular flexibility index (Phi) is 39.1. The van der Waals surface area contributed by atoms with E-state index in [-0.39, 0.29) is 151 Å². The molecule has 572 valence electrons. The van der Waals surface area contributed by atoms with Crippen molar-refractivity contribution in [1.29, 1.82) is 0 Å². The number of benzene rings is 1. The fraction of sp³-hybridized carbons (Fsp3) is 0.714. The lowest BCUT2D eigenvalue weighted by Crippen LogP contribution is -2.56. The van der Waals surface area contributed by atoms with Crippen molar-refractivity contribution >= 4 is 112 Å². The van der Waals surface area contributed by atoms with Crippen molar-refractivity contribution in [3.63, 3.8) is 0 Å². The van der Waals surface area contributed by atoms with E-state index in [0.29, 0.717) is 35.8 Å². The molecule has 1 aliphatic carbocycles. The van der Waals surface area contributed by atoms with Gasteiger partial charge in [-0.3, -0.25) is 43.3 Å². The van der Waals surface area contributed by atoms with Crippen LogP contribution in [0.2, 0.25) is 5.02 Å². The van der Waals surface area contributed by atoms with E-state index in [2.05, 4.69) is 31.6 Å². The molecule has 2 heterocycles. The highest BCUT2D eigenvalue weighted by Gasteiger charge is 2.46. The van der Waals surface area contributed by atoms with Crippen LogP contribution >= 0.6 is 46.9 Å². The number of imide groups is 1. The van der Waals surface area contributed by atoms with Gasteiger partial charge in [-0.2, -0.15) is 28.4 Å². The number of nitrogens with zero attached hydrogens (tertiary/aromatic N) is 6. The number of allylic oxidation sites excluding steroid dienone is 3. The Morgan fingerprint density at radius 1 is 0.833 bits per heavy atom. The number of likely N-dealkylation sites (N-methyl/N-ethyl adjacent to an activating group) is 1. The molecule has 1 aromatic carbocycles. The van der Waals surface area contributed by atoms with Crippen LogP contribution in [0.15, 0.2) is 46.3 Å². The van der Waals surface area contributed by atoms with E-state index in [0.717, 1.165) is 32.9 Å². The third-order valence-corrected chi connectivity index (χ3v) is 22.0. The highest BCUT2D eigenvalue weighted by Crippen LogP contribution is 2.40. The zero-order valence-electron chi connectivity index (χ0n) is 61.2. The lowest BCUT2D eigenvalue weighted by atomic mass is 9.81. The van der Waals surface area contributed by atoms with Crippen molar-refractivity contribution in [2.45, 2.75) is 202 Å². The number of carbonyl (C=O) groups excluding carboxylic acids is 10. The molecule has 1 unspecified atom stereocenters. The largest absolute Gasteiger partial charge is 0.495 e. The molecule has 1 saturated heterocycles. The van der Waals surface area contributed by atoms with Gasteiger partial charge in [0.25, 0.3) is 0 Å². The van der Waals surface area contributed by atoms with Crippen LogP contribution in [0.1, 0.15) is 156 Å². The number of urea groups is 1. The molecule has 1 aromatic rings. The fourth-order valence-corrected chi connectivity index (χ4v) is 15.5. The number of hydrogen-bond acceptors (Lipinski definition) is 22. The van der Waals surface area contributed by atoms with Crippen LogP contribution in [-0.4, -0.2) is 236 Å². The summed E-state index contributed by atoms with van der Waals surface area (Å²) in [7, 11) is 5.56. The third-order valence-electron chi connectivity index (χ3n) is 18.2. The molecule has 1 saturated carbocycles. The van der Waals surface area contributed by atoms with Crippen LogP contribution < -0.4 is 30.9 Å². The van der Waals surface area contributed by atoms with Gasteiger partial charge in [0.1, 0.15) is 34.6 Å². The smallest absolute Gasteiger partial charge is 0.381 e. The first-order valence-electron chi connectivity index (χ1n) is 35.0. The second-order valence-corrected chi connectivity index (χ2v) is 31.7. The van der Waals surface area contributed by atoms with Crippen molar-refractivity contribution in [2.75, 3.05) is 117 Å². The number of halogens is 1. The topological polar surface area (TPSA) is 357 Å². The van der Waals surface area contributed by atoms with Gasteiger partial charge in [0.2, 0.25) is 47.3 Å². The number of thioether (sulfide) groups is 3. The second-order valence-electron chi connectivity index (χ2n) is 27.0. The molecule has 10 amide bonds. The molecular formula is C70H109ClN10O18S3. The van der Waals surface area contributed by atoms with Gasteiger partial charge in [-0.25, -0.2) is 9.59 Å². The predicted molar refractivity (Wildman–Crippen MR) is 396 cm³/mol. The number of nitroso groups, excluding NO2 is 2. The van der Waals surface area contributed by atoms with Gasteiger partial charge in [0.15, 0.2) is 5.72 Å². The summed E-state index contributed by atoms with van der Waals surface area (Å²) in [6, 6.07) is 0.714. The van der Waals surface area contributed by atoms with Crippen LogP contribution in [0.3, 0.4) is 0 Å². The lowest BCUT2D eigenvalue weighted by Gasteiger charge is -2.37. The molecule has 2 fully saturated rings. The zero-order valence-corrected chi connectivity index (χ0v) is 64.4. The average Bonchev–Trinajstić information content (AvgIpc) is 1.22. The number of ether oxygens (including phenoxy) is 5. The van der Waals surface area contributed by atoms with E-state index in [1.165, 1.54) is 98.1 Å². The number of amides is 10. The summed E-state index contributed by atoms with van der Waals surface area (Å²) in [5, 5.41) is 28.3. The summed E-state index contributed by atoms with van der Waals surface area (Å²) >= 11 is 11.4. The summed E-state index contributed by atoms with van der Waals surface area (Å²) in [4.78, 5) is 163. The summed E-state index contributed by atoms with van der Waals surface area (Å²) < 4.78 is 27.6. The van der Waals surface area contributed by atoms with Crippen LogP contribution in [0.5, 0.6) is 5.75 Å². The number of hydrogen-bond donors (Lipinski definition) is 5. The van der Waals surface area contributed by atoms with Crippen molar-refractivity contribution in [1.82, 2.24) is 36.0 Å². The quantitative estimate of drug-likeness (QED) is 0.0139.